The molecule has 0 radical (unpaired) electrons. The average Bonchev–Trinajstić information content (AvgIpc) is 2.48. The zero-order valence-corrected chi connectivity index (χ0v) is 13.5. The molecule has 0 saturated carbocycles. The number of sulfonamides is 1. The number of nitrogens with one attached hydrogen (secondary N) is 1. The number of ether oxygens (including phenoxy) is 2. The van der Waals surface area contributed by atoms with Crippen molar-refractivity contribution in [3.63, 3.8) is 0 Å². The normalized spacial score (nSPS) is 13.7. The van der Waals surface area contributed by atoms with E-state index in [1.54, 1.807) is 0 Å². The maximum Gasteiger partial charge on any atom is 0.261 e. The molecule has 0 unspecified atom stereocenters. The van der Waals surface area contributed by atoms with Crippen molar-refractivity contribution in [3.05, 3.63) is 46.4 Å². The summed E-state index contributed by atoms with van der Waals surface area (Å²) in [5, 5.41) is 0.679. The van der Waals surface area contributed by atoms with Crippen molar-refractivity contribution >= 4 is 38.9 Å². The van der Waals surface area contributed by atoms with E-state index in [4.69, 9.17) is 32.7 Å². The van der Waals surface area contributed by atoms with Gasteiger partial charge in [0.15, 0.2) is 11.5 Å². The fourth-order valence-corrected chi connectivity index (χ4v) is 3.41. The zero-order valence-electron chi connectivity index (χ0n) is 11.2. The van der Waals surface area contributed by atoms with Crippen LogP contribution in [0.2, 0.25) is 10.0 Å². The number of rotatable bonds is 3. The van der Waals surface area contributed by atoms with Crippen molar-refractivity contribution in [1.82, 2.24) is 0 Å². The minimum Gasteiger partial charge on any atom is -0.486 e. The second-order valence-electron chi connectivity index (χ2n) is 4.54. The maximum absolute atomic E-state index is 12.3. The summed E-state index contributed by atoms with van der Waals surface area (Å²) >= 11 is 11.9. The lowest BCUT2D eigenvalue weighted by Gasteiger charge is -2.20. The van der Waals surface area contributed by atoms with Crippen LogP contribution in [0.1, 0.15) is 0 Å². The van der Waals surface area contributed by atoms with Gasteiger partial charge in [0.25, 0.3) is 10.0 Å². The van der Waals surface area contributed by atoms with E-state index in [0.29, 0.717) is 29.7 Å². The van der Waals surface area contributed by atoms with Crippen molar-refractivity contribution < 1.29 is 17.9 Å². The predicted octanol–water partition coefficient (Wildman–Crippen LogP) is 3.57. The molecule has 8 heteroatoms. The van der Waals surface area contributed by atoms with Gasteiger partial charge in [0.1, 0.15) is 13.2 Å². The Hall–Kier alpha value is -1.63. The van der Waals surface area contributed by atoms with Gasteiger partial charge < -0.3 is 9.47 Å². The van der Waals surface area contributed by atoms with E-state index in [0.717, 1.165) is 0 Å². The summed E-state index contributed by atoms with van der Waals surface area (Å²) in [5.74, 6) is 0.940. The molecular formula is C14H11Cl2NO4S. The third-order valence-corrected chi connectivity index (χ3v) is 4.95. The van der Waals surface area contributed by atoms with E-state index in [-0.39, 0.29) is 15.6 Å². The minimum absolute atomic E-state index is 0.0860. The third kappa shape index (κ3) is 3.09. The molecule has 0 spiro atoms. The Morgan fingerprint density at radius 1 is 0.955 bits per heavy atom. The van der Waals surface area contributed by atoms with Crippen LogP contribution in [0, 0.1) is 0 Å². The molecule has 1 aliphatic rings. The van der Waals surface area contributed by atoms with Crippen LogP contribution in [-0.2, 0) is 10.0 Å². The topological polar surface area (TPSA) is 64.6 Å². The summed E-state index contributed by atoms with van der Waals surface area (Å²) in [5.41, 5.74) is 0.223. The summed E-state index contributed by atoms with van der Waals surface area (Å²) in [7, 11) is -3.77. The average molecular weight is 360 g/mol. The molecule has 0 atom stereocenters. The first-order valence-electron chi connectivity index (χ1n) is 6.33. The number of hydrogen-bond acceptors (Lipinski definition) is 4. The van der Waals surface area contributed by atoms with Crippen molar-refractivity contribution in [3.8, 4) is 11.5 Å². The Balaban J connectivity index is 1.93. The Labute approximate surface area is 137 Å². The molecule has 1 aliphatic heterocycles. The van der Waals surface area contributed by atoms with Gasteiger partial charge >= 0.3 is 0 Å². The Kier molecular flexibility index (Phi) is 4.08. The standard InChI is InChI=1S/C14H11Cl2NO4S/c15-9-1-3-10(4-2-9)22(18,19)17-12-8-14-13(7-11(12)16)20-5-6-21-14/h1-4,7-8,17H,5-6H2. The first kappa shape index (κ1) is 15.3. The minimum atomic E-state index is -3.77. The van der Waals surface area contributed by atoms with E-state index in [1.807, 2.05) is 0 Å². The highest BCUT2D eigenvalue weighted by atomic mass is 35.5. The summed E-state index contributed by atoms with van der Waals surface area (Å²) < 4.78 is 37.9. The van der Waals surface area contributed by atoms with Gasteiger partial charge in [0.05, 0.1) is 15.6 Å². The van der Waals surface area contributed by atoms with Crippen LogP contribution in [0.3, 0.4) is 0 Å². The first-order valence-corrected chi connectivity index (χ1v) is 8.57. The predicted molar refractivity (Wildman–Crippen MR) is 84.7 cm³/mol. The lowest BCUT2D eigenvalue weighted by Crippen LogP contribution is -2.17. The monoisotopic (exact) mass is 359 g/mol. The molecule has 2 aromatic carbocycles. The number of fused-ring (bicyclic) bond motifs is 1. The number of halogens is 2. The molecule has 2 aromatic rings. The van der Waals surface area contributed by atoms with Crippen molar-refractivity contribution in [2.45, 2.75) is 4.90 Å². The molecule has 0 bridgehead atoms. The van der Waals surface area contributed by atoms with Gasteiger partial charge in [-0.1, -0.05) is 23.2 Å². The number of hydrogen-bond donors (Lipinski definition) is 1. The Morgan fingerprint density at radius 3 is 2.18 bits per heavy atom. The van der Waals surface area contributed by atoms with E-state index in [9.17, 15) is 8.42 Å². The fraction of sp³-hybridized carbons (Fsp3) is 0.143. The lowest BCUT2D eigenvalue weighted by atomic mass is 10.2. The van der Waals surface area contributed by atoms with Gasteiger partial charge in [-0.3, -0.25) is 4.72 Å². The highest BCUT2D eigenvalue weighted by Gasteiger charge is 2.20. The van der Waals surface area contributed by atoms with Crippen LogP contribution >= 0.6 is 23.2 Å². The van der Waals surface area contributed by atoms with Gasteiger partial charge in [0.2, 0.25) is 0 Å². The Bertz CT molecular complexity index is 806. The van der Waals surface area contributed by atoms with Crippen LogP contribution in [0.15, 0.2) is 41.3 Å². The van der Waals surface area contributed by atoms with E-state index in [1.165, 1.54) is 36.4 Å². The van der Waals surface area contributed by atoms with Crippen LogP contribution < -0.4 is 14.2 Å². The molecule has 0 aliphatic carbocycles. The molecule has 5 nitrogen and oxygen atoms in total. The molecule has 0 fully saturated rings. The number of benzene rings is 2. The maximum atomic E-state index is 12.3. The van der Waals surface area contributed by atoms with Gasteiger partial charge in [-0.05, 0) is 24.3 Å². The number of anilines is 1. The smallest absolute Gasteiger partial charge is 0.261 e. The largest absolute Gasteiger partial charge is 0.486 e. The molecular weight excluding hydrogens is 349 g/mol. The highest BCUT2D eigenvalue weighted by molar-refractivity contribution is 7.92. The van der Waals surface area contributed by atoms with Crippen molar-refractivity contribution in [2.24, 2.45) is 0 Å². The first-order chi connectivity index (χ1) is 10.5. The zero-order chi connectivity index (χ0) is 15.7. The fourth-order valence-electron chi connectivity index (χ4n) is 1.96. The summed E-state index contributed by atoms with van der Waals surface area (Å²) in [6.07, 6.45) is 0. The van der Waals surface area contributed by atoms with Gasteiger partial charge in [-0.2, -0.15) is 0 Å². The molecule has 116 valence electrons. The molecule has 1 N–H and O–H groups in total. The quantitative estimate of drug-likeness (QED) is 0.909. The van der Waals surface area contributed by atoms with Gasteiger partial charge in [-0.25, -0.2) is 8.42 Å². The van der Waals surface area contributed by atoms with Gasteiger partial charge in [0, 0.05) is 17.2 Å². The van der Waals surface area contributed by atoms with Crippen LogP contribution in [0.4, 0.5) is 5.69 Å². The summed E-state index contributed by atoms with van der Waals surface area (Å²) in [6, 6.07) is 8.86. The van der Waals surface area contributed by atoms with Gasteiger partial charge in [-0.15, -0.1) is 0 Å². The summed E-state index contributed by atoms with van der Waals surface area (Å²) in [6.45, 7) is 0.831. The molecule has 3 rings (SSSR count). The summed E-state index contributed by atoms with van der Waals surface area (Å²) in [4.78, 5) is 0.0860. The second-order valence-corrected chi connectivity index (χ2v) is 7.06. The van der Waals surface area contributed by atoms with E-state index >= 15 is 0 Å². The SMILES string of the molecule is O=S(=O)(Nc1cc2c(cc1Cl)OCCO2)c1ccc(Cl)cc1. The lowest BCUT2D eigenvalue weighted by molar-refractivity contribution is 0.171. The Morgan fingerprint density at radius 2 is 1.55 bits per heavy atom. The van der Waals surface area contributed by atoms with Crippen LogP contribution in [0.5, 0.6) is 11.5 Å². The molecule has 0 saturated heterocycles. The highest BCUT2D eigenvalue weighted by Crippen LogP contribution is 2.38. The van der Waals surface area contributed by atoms with Crippen molar-refractivity contribution in [2.75, 3.05) is 17.9 Å². The van der Waals surface area contributed by atoms with E-state index < -0.39 is 10.0 Å². The second kappa shape index (κ2) is 5.87. The van der Waals surface area contributed by atoms with Crippen molar-refractivity contribution in [1.29, 1.82) is 0 Å². The van der Waals surface area contributed by atoms with E-state index in [2.05, 4.69) is 4.72 Å². The molecule has 22 heavy (non-hydrogen) atoms. The molecule has 1 heterocycles. The molecule has 0 amide bonds. The van der Waals surface area contributed by atoms with Crippen LogP contribution in [0.25, 0.3) is 0 Å². The third-order valence-electron chi connectivity index (χ3n) is 3.00. The van der Waals surface area contributed by atoms with Crippen LogP contribution in [-0.4, -0.2) is 21.6 Å². The molecule has 0 aromatic heterocycles.